The lowest BCUT2D eigenvalue weighted by molar-refractivity contribution is -0.150. The molecule has 218 valence electrons. The van der Waals surface area contributed by atoms with Crippen molar-refractivity contribution in [3.8, 4) is 0 Å². The number of aliphatic carboxylic acids is 2. The quantitative estimate of drug-likeness (QED) is 0.195. The highest BCUT2D eigenvalue weighted by Gasteiger charge is 2.54. The van der Waals surface area contributed by atoms with E-state index in [2.05, 4.69) is 25.8 Å². The summed E-state index contributed by atoms with van der Waals surface area (Å²) in [6.45, 7) is 5.20. The van der Waals surface area contributed by atoms with Crippen LogP contribution in [-0.4, -0.2) is 88.7 Å². The van der Waals surface area contributed by atoms with Crippen LogP contribution in [0.3, 0.4) is 0 Å². The Morgan fingerprint density at radius 3 is 2.61 bits per heavy atom. The average molecular weight is 605 g/mol. The molecule has 4 rings (SSSR count). The Balaban J connectivity index is 1.38. The molecule has 0 bridgehead atoms. The minimum atomic E-state index is -1.27. The van der Waals surface area contributed by atoms with Gasteiger partial charge in [-0.1, -0.05) is 30.0 Å². The lowest BCUT2D eigenvalue weighted by atomic mass is 10.0. The Kier molecular flexibility index (Phi) is 8.92. The lowest BCUT2D eigenvalue weighted by Gasteiger charge is -2.49. The number of thioether (sulfide) groups is 2. The summed E-state index contributed by atoms with van der Waals surface area (Å²) in [5, 5.41) is 30.2. The van der Waals surface area contributed by atoms with Crippen LogP contribution in [-0.2, 0) is 36.8 Å². The summed E-state index contributed by atoms with van der Waals surface area (Å²) in [5.74, 6) is -2.71. The van der Waals surface area contributed by atoms with Crippen LogP contribution in [0.2, 0.25) is 0 Å². The summed E-state index contributed by atoms with van der Waals surface area (Å²) >= 11 is 2.44. The normalized spacial score (nSPS) is 18.3. The molecule has 2 aliphatic heterocycles. The Morgan fingerprint density at radius 2 is 1.93 bits per heavy atom. The zero-order valence-electron chi connectivity index (χ0n) is 22.3. The molecular weight excluding hydrogens is 576 g/mol. The van der Waals surface area contributed by atoms with Gasteiger partial charge in [0.2, 0.25) is 11.1 Å². The molecule has 1 fully saturated rings. The number of ether oxygens (including phenoxy) is 1. The molecule has 41 heavy (non-hydrogen) atoms. The second-order valence-electron chi connectivity index (χ2n) is 10.1. The van der Waals surface area contributed by atoms with Crippen molar-refractivity contribution in [2.24, 2.45) is 0 Å². The van der Waals surface area contributed by atoms with Gasteiger partial charge in [-0.05, 0) is 38.0 Å². The van der Waals surface area contributed by atoms with Crippen molar-refractivity contribution in [2.75, 3.05) is 16.8 Å². The highest BCUT2D eigenvalue weighted by Crippen LogP contribution is 2.41. The van der Waals surface area contributed by atoms with Crippen molar-refractivity contribution >= 4 is 59.1 Å². The highest BCUT2D eigenvalue weighted by atomic mass is 32.2. The van der Waals surface area contributed by atoms with E-state index >= 15 is 0 Å². The zero-order valence-corrected chi connectivity index (χ0v) is 23.9. The number of carbonyl (C=O) groups excluding carboxylic acids is 3. The number of β-lactam (4-membered cyclic amide) rings is 1. The molecular formula is C25H28N6O8S2. The summed E-state index contributed by atoms with van der Waals surface area (Å²) in [6, 6.07) is 5.81. The van der Waals surface area contributed by atoms with E-state index in [1.54, 1.807) is 45.0 Å². The van der Waals surface area contributed by atoms with Crippen molar-refractivity contribution in [3.63, 3.8) is 0 Å². The van der Waals surface area contributed by atoms with Crippen LogP contribution in [0.1, 0.15) is 32.2 Å². The number of benzene rings is 1. The van der Waals surface area contributed by atoms with Gasteiger partial charge >= 0.3 is 18.0 Å². The van der Waals surface area contributed by atoms with E-state index in [9.17, 15) is 29.1 Å². The van der Waals surface area contributed by atoms with Crippen LogP contribution < -0.4 is 10.6 Å². The Morgan fingerprint density at radius 1 is 1.20 bits per heavy atom. The molecule has 16 heteroatoms. The van der Waals surface area contributed by atoms with Gasteiger partial charge in [-0.2, -0.15) is 0 Å². The van der Waals surface area contributed by atoms with E-state index in [1.165, 1.54) is 16.7 Å². The number of aromatic amines is 1. The molecule has 2 aliphatic rings. The molecule has 1 saturated heterocycles. The summed E-state index contributed by atoms with van der Waals surface area (Å²) in [5.41, 5.74) is 0.539. The fourth-order valence-corrected chi connectivity index (χ4v) is 6.42. The number of anilines is 1. The van der Waals surface area contributed by atoms with Gasteiger partial charge in [0.25, 0.3) is 5.91 Å². The van der Waals surface area contributed by atoms with Gasteiger partial charge in [-0.15, -0.1) is 16.9 Å². The maximum absolute atomic E-state index is 13.0. The standard InChI is InChI=1S/C25H28N6O8S2/c1-25(2,3)39-24(38)26-14-7-5-4-6-12(14)8-16(32)28-18-20(35)31-19(22(36)37)13(10-40-21(18)31)11-41-23-27-15(29-30-23)9-17(33)34/h4-7,18,21H,8-11H2,1-3H3,(H,26,38)(H,28,32)(H,33,34)(H,36,37)(H,27,29,30)/t18?,21-/m1/s1. The number of fused-ring (bicyclic) bond motifs is 1. The molecule has 2 aromatic rings. The monoisotopic (exact) mass is 604 g/mol. The van der Waals surface area contributed by atoms with Gasteiger partial charge in [0.05, 0.1) is 6.42 Å². The fourth-order valence-electron chi connectivity index (χ4n) is 4.12. The summed E-state index contributed by atoms with van der Waals surface area (Å²) in [4.78, 5) is 66.3. The first-order valence-electron chi connectivity index (χ1n) is 12.4. The molecule has 1 aromatic carbocycles. The van der Waals surface area contributed by atoms with Crippen LogP contribution >= 0.6 is 23.5 Å². The average Bonchev–Trinajstić information content (AvgIpc) is 3.31. The number of nitrogens with zero attached hydrogens (tertiary/aromatic N) is 3. The maximum atomic E-state index is 13.0. The Labute approximate surface area is 242 Å². The van der Waals surface area contributed by atoms with Crippen molar-refractivity contribution in [2.45, 2.75) is 55.8 Å². The minimum absolute atomic E-state index is 0.128. The van der Waals surface area contributed by atoms with E-state index in [1.807, 2.05) is 0 Å². The summed E-state index contributed by atoms with van der Waals surface area (Å²) in [7, 11) is 0. The van der Waals surface area contributed by atoms with Crippen molar-refractivity contribution in [3.05, 3.63) is 46.9 Å². The number of H-pyrrole nitrogens is 1. The predicted octanol–water partition coefficient (Wildman–Crippen LogP) is 1.85. The molecule has 0 saturated carbocycles. The van der Waals surface area contributed by atoms with E-state index in [4.69, 9.17) is 9.84 Å². The molecule has 5 N–H and O–H groups in total. The van der Waals surface area contributed by atoms with Gasteiger partial charge in [-0.25, -0.2) is 14.6 Å². The molecule has 3 amide bonds. The Hall–Kier alpha value is -4.05. The van der Waals surface area contributed by atoms with Gasteiger partial charge in [0.15, 0.2) is 0 Å². The number of hydrogen-bond acceptors (Lipinski definition) is 10. The maximum Gasteiger partial charge on any atom is 0.412 e. The number of carbonyl (C=O) groups is 5. The number of para-hydroxylation sites is 1. The fraction of sp³-hybridized carbons (Fsp3) is 0.400. The molecule has 1 unspecified atom stereocenters. The molecule has 1 aromatic heterocycles. The first-order chi connectivity index (χ1) is 19.3. The number of hydrogen-bond donors (Lipinski definition) is 5. The molecule has 3 heterocycles. The van der Waals surface area contributed by atoms with Gasteiger partial charge in [0.1, 0.15) is 35.0 Å². The minimum Gasteiger partial charge on any atom is -0.481 e. The second-order valence-corrected chi connectivity index (χ2v) is 12.1. The second kappa shape index (κ2) is 12.2. The number of nitrogens with one attached hydrogen (secondary N) is 3. The lowest BCUT2D eigenvalue weighted by Crippen LogP contribution is -2.70. The first-order valence-corrected chi connectivity index (χ1v) is 14.4. The molecule has 0 spiro atoms. The smallest absolute Gasteiger partial charge is 0.412 e. The first kappa shape index (κ1) is 29.9. The van der Waals surface area contributed by atoms with Crippen molar-refractivity contribution in [1.29, 1.82) is 0 Å². The van der Waals surface area contributed by atoms with E-state index < -0.39 is 46.9 Å². The number of carboxylic acids is 2. The third kappa shape index (κ3) is 7.38. The summed E-state index contributed by atoms with van der Waals surface area (Å²) < 4.78 is 5.27. The highest BCUT2D eigenvalue weighted by molar-refractivity contribution is 8.01. The van der Waals surface area contributed by atoms with Crippen LogP contribution in [0.4, 0.5) is 10.5 Å². The molecule has 0 aliphatic carbocycles. The number of carboxylic acid groups (broad SMARTS) is 2. The van der Waals surface area contributed by atoms with E-state index in [0.29, 0.717) is 22.6 Å². The number of rotatable bonds is 10. The summed E-state index contributed by atoms with van der Waals surface area (Å²) in [6.07, 6.45) is -1.12. The van der Waals surface area contributed by atoms with Crippen LogP contribution in [0.5, 0.6) is 0 Å². The van der Waals surface area contributed by atoms with Gasteiger partial charge in [0, 0.05) is 17.2 Å². The van der Waals surface area contributed by atoms with E-state index in [0.717, 1.165) is 11.8 Å². The molecule has 0 radical (unpaired) electrons. The van der Waals surface area contributed by atoms with Crippen molar-refractivity contribution < 1.29 is 38.9 Å². The molecule has 2 atom stereocenters. The van der Waals surface area contributed by atoms with Crippen LogP contribution in [0.15, 0.2) is 40.7 Å². The predicted molar refractivity (Wildman–Crippen MR) is 148 cm³/mol. The van der Waals surface area contributed by atoms with Crippen molar-refractivity contribution in [1.82, 2.24) is 25.4 Å². The SMILES string of the molecule is CC(C)(C)OC(=O)Nc1ccccc1CC(=O)NC1C(=O)N2C(C(=O)O)=C(CSc3n[nH]c(CC(=O)O)n3)CS[C@H]12. The van der Waals surface area contributed by atoms with Crippen LogP contribution in [0, 0.1) is 0 Å². The largest absolute Gasteiger partial charge is 0.481 e. The van der Waals surface area contributed by atoms with E-state index in [-0.39, 0.29) is 35.3 Å². The zero-order chi connectivity index (χ0) is 29.9. The topological polar surface area (TPSA) is 204 Å². The third-order valence-electron chi connectivity index (χ3n) is 5.78. The van der Waals surface area contributed by atoms with Gasteiger partial charge in [-0.3, -0.25) is 29.7 Å². The number of amides is 3. The number of aromatic nitrogens is 3. The molecule has 14 nitrogen and oxygen atoms in total. The third-order valence-corrected chi connectivity index (χ3v) is 8.05. The van der Waals surface area contributed by atoms with Gasteiger partial charge < -0.3 is 20.3 Å². The Bertz CT molecular complexity index is 1420. The van der Waals surface area contributed by atoms with Crippen LogP contribution in [0.25, 0.3) is 0 Å².